The molecule has 0 aliphatic rings. The summed E-state index contributed by atoms with van der Waals surface area (Å²) >= 11 is 0. The van der Waals surface area contributed by atoms with Gasteiger partial charge in [-0.1, -0.05) is 13.0 Å². The molecule has 0 fully saturated rings. The molecule has 0 saturated carbocycles. The zero-order valence-electron chi connectivity index (χ0n) is 9.91. The Morgan fingerprint density at radius 3 is 2.42 bits per heavy atom. The number of carboxylic acid groups (broad SMARTS) is 1. The van der Waals surface area contributed by atoms with Crippen molar-refractivity contribution >= 4 is 5.97 Å². The molecule has 19 heavy (non-hydrogen) atoms. The SMILES string of the molecule is CC(CC(O)c1ccc(F)cc1C(F)(F)F)C(=O)O. The molecule has 0 radical (unpaired) electrons. The van der Waals surface area contributed by atoms with Gasteiger partial charge in [-0.15, -0.1) is 0 Å². The van der Waals surface area contributed by atoms with Crippen LogP contribution in [0.3, 0.4) is 0 Å². The predicted molar refractivity (Wildman–Crippen MR) is 57.8 cm³/mol. The Morgan fingerprint density at radius 1 is 1.37 bits per heavy atom. The van der Waals surface area contributed by atoms with E-state index in [4.69, 9.17) is 5.11 Å². The van der Waals surface area contributed by atoms with Gasteiger partial charge in [0, 0.05) is 0 Å². The molecular weight excluding hydrogens is 268 g/mol. The summed E-state index contributed by atoms with van der Waals surface area (Å²) < 4.78 is 50.9. The minimum Gasteiger partial charge on any atom is -0.481 e. The molecular formula is C12H12F4O3. The summed E-state index contributed by atoms with van der Waals surface area (Å²) in [6.07, 6.45) is -6.82. The second-order valence-corrected chi connectivity index (χ2v) is 4.22. The van der Waals surface area contributed by atoms with Crippen LogP contribution in [0.15, 0.2) is 18.2 Å². The second kappa shape index (κ2) is 5.56. The Labute approximate surface area is 106 Å². The maximum absolute atomic E-state index is 12.9. The van der Waals surface area contributed by atoms with Crippen molar-refractivity contribution in [1.82, 2.24) is 0 Å². The number of halogens is 4. The Balaban J connectivity index is 3.09. The summed E-state index contributed by atoms with van der Waals surface area (Å²) in [7, 11) is 0. The number of rotatable bonds is 4. The van der Waals surface area contributed by atoms with Crippen LogP contribution in [0.1, 0.15) is 30.6 Å². The van der Waals surface area contributed by atoms with Crippen LogP contribution < -0.4 is 0 Å². The molecule has 106 valence electrons. The van der Waals surface area contributed by atoms with Crippen LogP contribution in [-0.2, 0) is 11.0 Å². The normalized spacial score (nSPS) is 15.1. The van der Waals surface area contributed by atoms with Gasteiger partial charge < -0.3 is 10.2 Å². The second-order valence-electron chi connectivity index (χ2n) is 4.22. The summed E-state index contributed by atoms with van der Waals surface area (Å²) in [5.41, 5.74) is -1.82. The number of aliphatic carboxylic acids is 1. The highest BCUT2D eigenvalue weighted by Gasteiger charge is 2.36. The topological polar surface area (TPSA) is 57.5 Å². The van der Waals surface area contributed by atoms with Crippen molar-refractivity contribution in [3.05, 3.63) is 35.1 Å². The van der Waals surface area contributed by atoms with Crippen LogP contribution in [-0.4, -0.2) is 16.2 Å². The highest BCUT2D eigenvalue weighted by Crippen LogP contribution is 2.36. The van der Waals surface area contributed by atoms with E-state index in [1.165, 1.54) is 6.92 Å². The average Bonchev–Trinajstić information content (AvgIpc) is 2.27. The standard InChI is InChI=1S/C12H12F4O3/c1-6(11(18)19)4-10(17)8-3-2-7(13)5-9(8)12(14,15)16/h2-3,5-6,10,17H,4H2,1H3,(H,18,19). The van der Waals surface area contributed by atoms with E-state index in [0.717, 1.165) is 12.1 Å². The van der Waals surface area contributed by atoms with Gasteiger partial charge in [0.2, 0.25) is 0 Å². The molecule has 3 nitrogen and oxygen atoms in total. The average molecular weight is 280 g/mol. The molecule has 0 aromatic heterocycles. The maximum atomic E-state index is 12.9. The van der Waals surface area contributed by atoms with Crippen LogP contribution in [0.4, 0.5) is 17.6 Å². The van der Waals surface area contributed by atoms with E-state index >= 15 is 0 Å². The van der Waals surface area contributed by atoms with Gasteiger partial charge in [0.15, 0.2) is 0 Å². The first kappa shape index (κ1) is 15.4. The van der Waals surface area contributed by atoms with E-state index in [0.29, 0.717) is 0 Å². The van der Waals surface area contributed by atoms with Crippen LogP contribution in [0.25, 0.3) is 0 Å². The summed E-state index contributed by atoms with van der Waals surface area (Å²) in [6, 6.07) is 1.89. The Kier molecular flexibility index (Phi) is 4.52. The highest BCUT2D eigenvalue weighted by molar-refractivity contribution is 5.69. The van der Waals surface area contributed by atoms with E-state index in [2.05, 4.69) is 0 Å². The third-order valence-corrected chi connectivity index (χ3v) is 2.68. The van der Waals surface area contributed by atoms with Crippen molar-refractivity contribution in [1.29, 1.82) is 0 Å². The van der Waals surface area contributed by atoms with E-state index < -0.39 is 41.1 Å². The van der Waals surface area contributed by atoms with Crippen molar-refractivity contribution < 1.29 is 32.6 Å². The number of aliphatic hydroxyl groups excluding tert-OH is 1. The summed E-state index contributed by atoms with van der Waals surface area (Å²) in [5, 5.41) is 18.3. The van der Waals surface area contributed by atoms with Gasteiger partial charge >= 0.3 is 12.1 Å². The molecule has 1 aromatic carbocycles. The summed E-state index contributed by atoms with van der Waals surface area (Å²) in [4.78, 5) is 10.6. The monoisotopic (exact) mass is 280 g/mol. The summed E-state index contributed by atoms with van der Waals surface area (Å²) in [5.74, 6) is -3.31. The highest BCUT2D eigenvalue weighted by atomic mass is 19.4. The quantitative estimate of drug-likeness (QED) is 0.834. The Bertz CT molecular complexity index is 471. The molecule has 2 N–H and O–H groups in total. The molecule has 1 aromatic rings. The lowest BCUT2D eigenvalue weighted by Gasteiger charge is -2.19. The molecule has 7 heteroatoms. The van der Waals surface area contributed by atoms with Gasteiger partial charge in [-0.2, -0.15) is 13.2 Å². The molecule has 0 aliphatic carbocycles. The third-order valence-electron chi connectivity index (χ3n) is 2.68. The molecule has 0 spiro atoms. The van der Waals surface area contributed by atoms with Gasteiger partial charge in [0.1, 0.15) is 5.82 Å². The molecule has 1 rings (SSSR count). The molecule has 2 atom stereocenters. The Morgan fingerprint density at radius 2 is 1.95 bits per heavy atom. The number of alkyl halides is 3. The molecule has 0 aliphatic heterocycles. The Hall–Kier alpha value is -1.63. The predicted octanol–water partition coefficient (Wildman–Crippen LogP) is 2.99. The molecule has 0 bridgehead atoms. The van der Waals surface area contributed by atoms with Crippen LogP contribution in [0.5, 0.6) is 0 Å². The fourth-order valence-corrected chi connectivity index (χ4v) is 1.63. The zero-order valence-corrected chi connectivity index (χ0v) is 9.91. The lowest BCUT2D eigenvalue weighted by molar-refractivity contribution is -0.142. The van der Waals surface area contributed by atoms with Gasteiger partial charge in [-0.25, -0.2) is 4.39 Å². The number of carbonyl (C=O) groups is 1. The first-order chi connectivity index (χ1) is 8.62. The van der Waals surface area contributed by atoms with Gasteiger partial charge in [0.25, 0.3) is 0 Å². The largest absolute Gasteiger partial charge is 0.481 e. The van der Waals surface area contributed by atoms with Gasteiger partial charge in [-0.05, 0) is 24.1 Å². The van der Waals surface area contributed by atoms with Crippen molar-refractivity contribution in [2.24, 2.45) is 5.92 Å². The van der Waals surface area contributed by atoms with Crippen LogP contribution in [0, 0.1) is 11.7 Å². The fourth-order valence-electron chi connectivity index (χ4n) is 1.63. The van der Waals surface area contributed by atoms with Crippen molar-refractivity contribution in [3.8, 4) is 0 Å². The minimum atomic E-state index is -4.81. The van der Waals surface area contributed by atoms with E-state index in [-0.39, 0.29) is 12.5 Å². The molecule has 2 unspecified atom stereocenters. The minimum absolute atomic E-state index is 0.282. The van der Waals surface area contributed by atoms with Crippen LogP contribution in [0.2, 0.25) is 0 Å². The van der Waals surface area contributed by atoms with Crippen LogP contribution >= 0.6 is 0 Å². The van der Waals surface area contributed by atoms with E-state index in [1.54, 1.807) is 0 Å². The lowest BCUT2D eigenvalue weighted by atomic mass is 9.94. The third kappa shape index (κ3) is 3.92. The number of carboxylic acids is 1. The van der Waals surface area contributed by atoms with Crippen molar-refractivity contribution in [3.63, 3.8) is 0 Å². The van der Waals surface area contributed by atoms with Crippen molar-refractivity contribution in [2.75, 3.05) is 0 Å². The van der Waals surface area contributed by atoms with E-state index in [9.17, 15) is 27.5 Å². The smallest absolute Gasteiger partial charge is 0.416 e. The number of hydrogen-bond acceptors (Lipinski definition) is 2. The maximum Gasteiger partial charge on any atom is 0.416 e. The molecule has 0 amide bonds. The van der Waals surface area contributed by atoms with E-state index in [1.807, 2.05) is 0 Å². The molecule has 0 heterocycles. The fraction of sp³-hybridized carbons (Fsp3) is 0.417. The van der Waals surface area contributed by atoms with Crippen molar-refractivity contribution in [2.45, 2.75) is 25.6 Å². The lowest BCUT2D eigenvalue weighted by Crippen LogP contribution is -2.17. The zero-order chi connectivity index (χ0) is 14.8. The first-order valence-electron chi connectivity index (χ1n) is 5.40. The number of hydrogen-bond donors (Lipinski definition) is 2. The first-order valence-corrected chi connectivity index (χ1v) is 5.40. The number of aliphatic hydroxyl groups is 1. The number of benzene rings is 1. The summed E-state index contributed by atoms with van der Waals surface area (Å²) in [6.45, 7) is 1.27. The van der Waals surface area contributed by atoms with Gasteiger partial charge in [0.05, 0.1) is 17.6 Å². The van der Waals surface area contributed by atoms with Gasteiger partial charge in [-0.3, -0.25) is 4.79 Å². The molecule has 0 saturated heterocycles.